The third-order valence-electron chi connectivity index (χ3n) is 7.79. The number of aromatic nitrogens is 2. The van der Waals surface area contributed by atoms with Crippen LogP contribution in [0.3, 0.4) is 0 Å². The van der Waals surface area contributed by atoms with Crippen LogP contribution in [0.1, 0.15) is 31.2 Å². The average Bonchev–Trinajstić information content (AvgIpc) is 3.56. The minimum atomic E-state index is -0.949. The number of pyridine rings is 1. The van der Waals surface area contributed by atoms with Crippen LogP contribution in [0, 0.1) is 46.5 Å². The number of rotatable bonds is 5. The fraction of sp³-hybridized carbons (Fsp3) is 0.296. The van der Waals surface area contributed by atoms with Crippen molar-refractivity contribution in [2.45, 2.75) is 31.7 Å². The van der Waals surface area contributed by atoms with Gasteiger partial charge in [0, 0.05) is 29.3 Å². The minimum Gasteiger partial charge on any atom is -0.481 e. The molecule has 2 atom stereocenters. The number of aliphatic carboxylic acids is 1. The van der Waals surface area contributed by atoms with Gasteiger partial charge in [0.1, 0.15) is 23.5 Å². The molecule has 3 aliphatic carbocycles. The number of carbonyl (C=O) groups is 1. The second kappa shape index (κ2) is 8.69. The molecule has 3 heterocycles. The molecule has 7 rings (SSSR count). The number of aromatic amines is 1. The molecular weight excluding hydrogens is 485 g/mol. The number of fused-ring (bicyclic) bond motifs is 4. The van der Waals surface area contributed by atoms with Gasteiger partial charge in [0.15, 0.2) is 11.6 Å². The maximum atomic E-state index is 16.1. The Morgan fingerprint density at radius 1 is 1.19 bits per heavy atom. The highest BCUT2D eigenvalue weighted by Gasteiger charge is 2.47. The summed E-state index contributed by atoms with van der Waals surface area (Å²) in [6.07, 6.45) is 5.97. The summed E-state index contributed by atoms with van der Waals surface area (Å²) >= 11 is 0. The third-order valence-corrected chi connectivity index (χ3v) is 7.79. The molecule has 0 saturated heterocycles. The molecule has 3 aromatic heterocycles. The monoisotopic (exact) mass is 506 g/mol. The number of nitrogens with zero attached hydrogens (tertiary/aromatic N) is 2. The number of carboxylic acids is 1. The number of hydrogen-bond acceptors (Lipinski definition) is 5. The minimum absolute atomic E-state index is 0.0102. The predicted molar refractivity (Wildman–Crippen MR) is 128 cm³/mol. The van der Waals surface area contributed by atoms with Crippen molar-refractivity contribution in [3.63, 3.8) is 0 Å². The predicted octanol–water partition coefficient (Wildman–Crippen LogP) is 6.08. The van der Waals surface area contributed by atoms with Crippen LogP contribution < -0.4 is 5.32 Å². The topological polar surface area (TPSA) is 115 Å². The van der Waals surface area contributed by atoms with Crippen LogP contribution in [-0.2, 0) is 4.79 Å². The molecule has 3 fully saturated rings. The van der Waals surface area contributed by atoms with Gasteiger partial charge in [-0.15, -0.1) is 0 Å². The third kappa shape index (κ3) is 3.65. The van der Waals surface area contributed by atoms with Crippen molar-refractivity contribution in [2.24, 2.45) is 17.8 Å². The van der Waals surface area contributed by atoms with Gasteiger partial charge in [-0.1, -0.05) is 0 Å². The number of H-pyrrole nitrogens is 1. The summed E-state index contributed by atoms with van der Waals surface area (Å²) in [5.41, 5.74) is -0.152. The van der Waals surface area contributed by atoms with E-state index in [2.05, 4.69) is 15.3 Å². The second-order valence-electron chi connectivity index (χ2n) is 9.68. The number of halogens is 3. The van der Waals surface area contributed by atoms with Gasteiger partial charge < -0.3 is 19.8 Å². The highest BCUT2D eigenvalue weighted by atomic mass is 19.1. The van der Waals surface area contributed by atoms with E-state index in [-0.39, 0.29) is 56.7 Å². The van der Waals surface area contributed by atoms with Crippen LogP contribution in [0.15, 0.2) is 41.1 Å². The zero-order valence-corrected chi connectivity index (χ0v) is 19.4. The molecule has 0 radical (unpaired) electrons. The molecule has 3 aliphatic rings. The maximum absolute atomic E-state index is 16.1. The Labute approximate surface area is 208 Å². The lowest BCUT2D eigenvalue weighted by molar-refractivity contribution is -0.148. The van der Waals surface area contributed by atoms with Gasteiger partial charge in [-0.3, -0.25) is 4.79 Å². The van der Waals surface area contributed by atoms with E-state index in [1.165, 1.54) is 18.5 Å². The lowest BCUT2D eigenvalue weighted by Crippen LogP contribution is -2.51. The molecule has 0 aliphatic heterocycles. The van der Waals surface area contributed by atoms with Crippen LogP contribution in [0.4, 0.5) is 19.0 Å². The van der Waals surface area contributed by atoms with Crippen LogP contribution in [0.5, 0.6) is 0 Å². The van der Waals surface area contributed by atoms with E-state index in [9.17, 15) is 23.9 Å². The Balaban J connectivity index is 1.57. The first-order chi connectivity index (χ1) is 17.9. The van der Waals surface area contributed by atoms with Crippen LogP contribution in [0.25, 0.3) is 33.5 Å². The number of nitriles is 1. The van der Waals surface area contributed by atoms with Gasteiger partial charge >= 0.3 is 5.97 Å². The van der Waals surface area contributed by atoms with E-state index in [0.29, 0.717) is 0 Å². The number of benzene rings is 1. The zero-order valence-electron chi connectivity index (χ0n) is 19.4. The van der Waals surface area contributed by atoms with Crippen molar-refractivity contribution in [3.8, 4) is 28.7 Å². The molecule has 0 spiro atoms. The Morgan fingerprint density at radius 2 is 1.95 bits per heavy atom. The Hall–Kier alpha value is -4.26. The molecular formula is C27H21F3N4O3. The maximum Gasteiger partial charge on any atom is 0.308 e. The molecule has 188 valence electrons. The number of hydrogen-bond donors (Lipinski definition) is 3. The second-order valence-corrected chi connectivity index (χ2v) is 9.68. The smallest absolute Gasteiger partial charge is 0.308 e. The molecule has 0 unspecified atom stereocenters. The van der Waals surface area contributed by atoms with Gasteiger partial charge in [0.25, 0.3) is 0 Å². The van der Waals surface area contributed by atoms with Crippen LogP contribution in [-0.4, -0.2) is 27.1 Å². The molecule has 3 N–H and O–H groups in total. The summed E-state index contributed by atoms with van der Waals surface area (Å²) in [5.74, 6) is -4.34. The van der Waals surface area contributed by atoms with Gasteiger partial charge in [-0.05, 0) is 55.7 Å². The SMILES string of the molecule is N#Cc1c(-c2c[nH]c3c(F)cc(F)cc23)nc(N[C@@H]2C3CCC(CC3)[C@H]2C(=O)O)c(F)c1-c1ccco1. The van der Waals surface area contributed by atoms with Gasteiger partial charge in [-0.2, -0.15) is 5.26 Å². The first-order valence-corrected chi connectivity index (χ1v) is 12.0. The summed E-state index contributed by atoms with van der Waals surface area (Å²) in [6, 6.07) is 6.29. The van der Waals surface area contributed by atoms with E-state index < -0.39 is 35.4 Å². The van der Waals surface area contributed by atoms with E-state index >= 15 is 4.39 Å². The first-order valence-electron chi connectivity index (χ1n) is 12.0. The first kappa shape index (κ1) is 23.2. The molecule has 7 nitrogen and oxygen atoms in total. The molecule has 0 amide bonds. The van der Waals surface area contributed by atoms with Gasteiger partial charge in [-0.25, -0.2) is 18.2 Å². The Morgan fingerprint density at radius 3 is 2.62 bits per heavy atom. The van der Waals surface area contributed by atoms with Gasteiger partial charge in [0.2, 0.25) is 0 Å². The van der Waals surface area contributed by atoms with Crippen molar-refractivity contribution in [1.82, 2.24) is 9.97 Å². The molecule has 4 aromatic rings. The van der Waals surface area contributed by atoms with Gasteiger partial charge in [0.05, 0.1) is 34.5 Å². The van der Waals surface area contributed by atoms with E-state index in [4.69, 9.17) is 4.42 Å². The summed E-state index contributed by atoms with van der Waals surface area (Å²) in [7, 11) is 0. The number of carboxylic acid groups (broad SMARTS) is 1. The van der Waals surface area contributed by atoms with Crippen molar-refractivity contribution < 1.29 is 27.5 Å². The van der Waals surface area contributed by atoms with E-state index in [1.54, 1.807) is 6.07 Å². The van der Waals surface area contributed by atoms with Crippen LogP contribution in [0.2, 0.25) is 0 Å². The lowest BCUT2D eigenvalue weighted by atomic mass is 9.61. The van der Waals surface area contributed by atoms with Crippen molar-refractivity contribution in [2.75, 3.05) is 5.32 Å². The summed E-state index contributed by atoms with van der Waals surface area (Å²) in [5, 5.41) is 23.2. The van der Waals surface area contributed by atoms with E-state index in [0.717, 1.165) is 37.8 Å². The van der Waals surface area contributed by atoms with E-state index in [1.807, 2.05) is 6.07 Å². The quantitative estimate of drug-likeness (QED) is 0.302. The fourth-order valence-electron chi connectivity index (χ4n) is 6.14. The average molecular weight is 506 g/mol. The zero-order chi connectivity index (χ0) is 25.8. The molecule has 3 saturated carbocycles. The lowest BCUT2D eigenvalue weighted by Gasteiger charge is -2.47. The summed E-state index contributed by atoms with van der Waals surface area (Å²) in [6.45, 7) is 0. The number of nitrogens with one attached hydrogen (secondary N) is 2. The highest BCUT2D eigenvalue weighted by molar-refractivity contribution is 5.98. The number of anilines is 1. The molecule has 10 heteroatoms. The number of furan rings is 1. The standard InChI is InChI=1S/C27H21F3N4O3/c28-14-8-15-17(11-32-25(15)18(29)9-14)24-16(10-31)21(19-2-1-7-37-19)22(30)26(34-24)33-23-13-5-3-12(4-6-13)20(23)27(35)36/h1-2,7-9,11-13,20,23,32H,3-6H2,(H,33,34)(H,35,36)/t12?,13?,20-,23-/m1/s1. The van der Waals surface area contributed by atoms with Crippen LogP contribution >= 0.6 is 0 Å². The Kier molecular flexibility index (Phi) is 5.44. The molecule has 2 bridgehead atoms. The fourth-order valence-corrected chi connectivity index (χ4v) is 6.14. The highest BCUT2D eigenvalue weighted by Crippen LogP contribution is 2.47. The summed E-state index contributed by atoms with van der Waals surface area (Å²) < 4.78 is 50.0. The molecule has 37 heavy (non-hydrogen) atoms. The Bertz CT molecular complexity index is 1570. The summed E-state index contributed by atoms with van der Waals surface area (Å²) in [4.78, 5) is 19.3. The normalized spacial score (nSPS) is 22.8. The van der Waals surface area contributed by atoms with Crippen molar-refractivity contribution in [1.29, 1.82) is 5.26 Å². The van der Waals surface area contributed by atoms with Crippen molar-refractivity contribution in [3.05, 3.63) is 59.7 Å². The van der Waals surface area contributed by atoms with Crippen molar-refractivity contribution >= 4 is 22.7 Å². The largest absolute Gasteiger partial charge is 0.481 e. The molecule has 1 aromatic carbocycles.